The van der Waals surface area contributed by atoms with Crippen LogP contribution in [0.2, 0.25) is 0 Å². The molecule has 2 spiro atoms. The van der Waals surface area contributed by atoms with Gasteiger partial charge in [-0.05, 0) is 51.5 Å². The number of ether oxygens (including phenoxy) is 10. The molecule has 0 radical (unpaired) electrons. The highest BCUT2D eigenvalue weighted by atomic mass is 35.5. The van der Waals surface area contributed by atoms with E-state index in [1.165, 1.54) is 26.0 Å². The van der Waals surface area contributed by atoms with Crippen molar-refractivity contribution in [3.8, 4) is 0 Å². The smallest absolute Gasteiger partial charge is 0.308 e. The first-order chi connectivity index (χ1) is 39.8. The van der Waals surface area contributed by atoms with Crippen molar-refractivity contribution in [1.29, 1.82) is 0 Å². The van der Waals surface area contributed by atoms with Gasteiger partial charge in [-0.25, -0.2) is 0 Å². The second-order valence-corrected chi connectivity index (χ2v) is 26.4. The molecular formula is C63H95ClO21. The number of aliphatic hydroxyl groups is 7. The molecule has 24 atom stereocenters. The van der Waals surface area contributed by atoms with Crippen LogP contribution in [0.5, 0.6) is 0 Å². The molecule has 6 saturated heterocycles. The Kier molecular flexibility index (Phi) is 23.5. The summed E-state index contributed by atoms with van der Waals surface area (Å²) in [4.78, 5) is 54.3. The van der Waals surface area contributed by atoms with E-state index in [4.69, 9.17) is 59.0 Å². The van der Waals surface area contributed by atoms with E-state index in [0.717, 1.165) is 0 Å². The SMILES string of the molecule is C=C(Cl)/C=C/[C@@H](O)CC(=C)C[C@H]1O[C@@H]2[C@H](C)[C@@H](OC(=O)C[C@H]3C[C@H](OC(C)=O)C[C@@]4(C[C@@](C)(O)C[C@H](CC(=C)[C@@H](C)[C@H](OC(C)=O)[C@@H](C)C(=O)C[C@@H]5C[C@@H](OC)C[C@@]6(C[C@@H](O)C[C@H](/C=C\CCC[C@@H]7O[C@](O)(C[C@H](O)[C@H]7C)[C@H]2O)O6)O5)O4)O3)[C@@H]1O. The van der Waals surface area contributed by atoms with E-state index in [-0.39, 0.29) is 81.1 Å². The second-order valence-electron chi connectivity index (χ2n) is 25.9. The molecule has 10 bridgehead atoms. The standard InChI is InChI=1S/C63H95ClO21/c1-33(19-42(67)18-17-35(3)64)20-53-55(72)57-39(7)58(79-53)59(73)63(75)31-51(70)37(5)52(85-63)16-14-12-13-15-44-22-43(68)27-61(81-44)29-47(76-11)23-45(82-61)25-50(69)38(6)56(78-41(9)66)36(4)34(2)21-49-28-60(10,74)32-62(84-49)30-48(77-40(8)65)24-46(83-62)26-54(71)80-57/h13,15,17-18,36-39,42-49,51-53,55-59,67-68,70,72-75H,1-3,12,14,16,19-32H2,4-11H3/b15-13-,18-17+/t36-,37-,38+,39-,42-,43+,44+,45+,46-,47-,48+,49+,51+,52+,53-,55-,56+,57-,58-,59+,60+,61-,62-,63-/m1/s1. The molecule has 0 aromatic heterocycles. The Hall–Kier alpha value is -3.49. The third-order valence-corrected chi connectivity index (χ3v) is 18.4. The second kappa shape index (κ2) is 29.0. The van der Waals surface area contributed by atoms with E-state index in [1.54, 1.807) is 41.7 Å². The Morgan fingerprint density at radius 2 is 1.47 bits per heavy atom. The maximum absolute atomic E-state index is 14.5. The molecular weight excluding hydrogens is 1130 g/mol. The van der Waals surface area contributed by atoms with Gasteiger partial charge in [0.15, 0.2) is 17.4 Å². The van der Waals surface area contributed by atoms with Crippen LogP contribution in [0.25, 0.3) is 0 Å². The summed E-state index contributed by atoms with van der Waals surface area (Å²) in [7, 11) is 1.57. The summed E-state index contributed by atoms with van der Waals surface area (Å²) in [5, 5.41) is 82.6. The lowest BCUT2D eigenvalue weighted by atomic mass is 9.78. The predicted molar refractivity (Wildman–Crippen MR) is 308 cm³/mol. The number of methoxy groups -OCH3 is 1. The summed E-state index contributed by atoms with van der Waals surface area (Å²) in [5.41, 5.74) is -0.508. The average molecular weight is 1220 g/mol. The van der Waals surface area contributed by atoms with Gasteiger partial charge < -0.3 is 83.1 Å². The van der Waals surface area contributed by atoms with E-state index >= 15 is 0 Å². The minimum Gasteiger partial charge on any atom is -0.462 e. The van der Waals surface area contributed by atoms with Gasteiger partial charge in [0.25, 0.3) is 0 Å². The summed E-state index contributed by atoms with van der Waals surface area (Å²) in [6, 6.07) is 0. The van der Waals surface area contributed by atoms with Gasteiger partial charge in [0.2, 0.25) is 0 Å². The largest absolute Gasteiger partial charge is 0.462 e. The molecule has 0 amide bonds. The molecule has 85 heavy (non-hydrogen) atoms. The first-order valence-corrected chi connectivity index (χ1v) is 30.7. The summed E-state index contributed by atoms with van der Waals surface area (Å²) in [6.07, 6.45) is -8.69. The number of esters is 3. The number of halogens is 1. The number of hydrogen-bond acceptors (Lipinski definition) is 21. The van der Waals surface area contributed by atoms with Gasteiger partial charge in [-0.15, -0.1) is 0 Å². The number of hydrogen-bond donors (Lipinski definition) is 7. The minimum atomic E-state index is -2.40. The Morgan fingerprint density at radius 1 is 0.812 bits per heavy atom. The Bertz CT molecular complexity index is 2430. The third-order valence-electron chi connectivity index (χ3n) is 18.3. The first kappa shape index (κ1) is 69.0. The molecule has 0 saturated carbocycles. The lowest BCUT2D eigenvalue weighted by molar-refractivity contribution is -0.351. The monoisotopic (exact) mass is 1220 g/mol. The summed E-state index contributed by atoms with van der Waals surface area (Å²) >= 11 is 5.89. The quantitative estimate of drug-likeness (QED) is 0.0611. The molecule has 0 aromatic rings. The molecule has 7 rings (SSSR count). The van der Waals surface area contributed by atoms with Gasteiger partial charge >= 0.3 is 17.9 Å². The molecule has 6 fully saturated rings. The zero-order valence-corrected chi connectivity index (χ0v) is 51.5. The average Bonchev–Trinajstić information content (AvgIpc) is 1.35. The zero-order valence-electron chi connectivity index (χ0n) is 50.7. The predicted octanol–water partition coefficient (Wildman–Crippen LogP) is 5.91. The molecule has 7 N–H and O–H groups in total. The van der Waals surface area contributed by atoms with Crippen LogP contribution in [0.3, 0.4) is 0 Å². The van der Waals surface area contributed by atoms with Crippen LogP contribution in [-0.4, -0.2) is 187 Å². The Labute approximate surface area is 505 Å². The number of carbonyl (C=O) groups excluding carboxylic acids is 4. The van der Waals surface area contributed by atoms with Crippen molar-refractivity contribution in [2.75, 3.05) is 7.11 Å². The molecule has 7 aliphatic heterocycles. The van der Waals surface area contributed by atoms with Crippen LogP contribution < -0.4 is 0 Å². The molecule has 0 aliphatic carbocycles. The number of allylic oxidation sites excluding steroid dienone is 3. The Morgan fingerprint density at radius 3 is 2.15 bits per heavy atom. The van der Waals surface area contributed by atoms with Crippen molar-refractivity contribution in [3.05, 3.63) is 60.2 Å². The fraction of sp³-hybridized carbons (Fsp3) is 0.778. The topological polar surface area (TPSA) is 302 Å². The molecule has 21 nitrogen and oxygen atoms in total. The van der Waals surface area contributed by atoms with Crippen LogP contribution in [-0.2, 0) is 66.5 Å². The van der Waals surface area contributed by atoms with Crippen LogP contribution in [0.4, 0.5) is 0 Å². The van der Waals surface area contributed by atoms with Crippen molar-refractivity contribution >= 4 is 35.3 Å². The van der Waals surface area contributed by atoms with Gasteiger partial charge in [0.05, 0.1) is 85.1 Å². The van der Waals surface area contributed by atoms with Gasteiger partial charge in [-0.1, -0.05) is 88.4 Å². The van der Waals surface area contributed by atoms with E-state index < -0.39 is 169 Å². The number of rotatable bonds is 9. The van der Waals surface area contributed by atoms with Crippen LogP contribution in [0.15, 0.2) is 60.2 Å². The number of fused-ring (bicyclic) bond motifs is 8. The maximum Gasteiger partial charge on any atom is 0.308 e. The first-order valence-electron chi connectivity index (χ1n) is 30.3. The fourth-order valence-corrected chi connectivity index (χ4v) is 14.2. The molecule has 7 aliphatic rings. The fourth-order valence-electron chi connectivity index (χ4n) is 14.1. The van der Waals surface area contributed by atoms with Crippen LogP contribution in [0.1, 0.15) is 158 Å². The zero-order chi connectivity index (χ0) is 62.5. The van der Waals surface area contributed by atoms with Crippen molar-refractivity contribution in [2.24, 2.45) is 23.7 Å². The normalized spacial score (nSPS) is 44.5. The van der Waals surface area contributed by atoms with E-state index in [0.29, 0.717) is 43.3 Å². The molecule has 0 aromatic carbocycles. The van der Waals surface area contributed by atoms with Crippen LogP contribution >= 0.6 is 11.6 Å². The van der Waals surface area contributed by atoms with Gasteiger partial charge in [0.1, 0.15) is 36.3 Å². The highest BCUT2D eigenvalue weighted by Crippen LogP contribution is 2.48. The number of carbonyl (C=O) groups is 4. The highest BCUT2D eigenvalue weighted by molar-refractivity contribution is 6.30. The molecule has 22 heteroatoms. The lowest BCUT2D eigenvalue weighted by Gasteiger charge is -2.52. The molecule has 480 valence electrons. The molecule has 7 heterocycles. The summed E-state index contributed by atoms with van der Waals surface area (Å²) < 4.78 is 63.4. The molecule has 0 unspecified atom stereocenters. The van der Waals surface area contributed by atoms with Crippen molar-refractivity contribution in [3.63, 3.8) is 0 Å². The lowest BCUT2D eigenvalue weighted by Crippen LogP contribution is -2.65. The number of ketones is 1. The van der Waals surface area contributed by atoms with Crippen molar-refractivity contribution in [1.82, 2.24) is 0 Å². The van der Waals surface area contributed by atoms with E-state index in [1.807, 2.05) is 12.2 Å². The number of Topliss-reactive ketones (excluding diaryl/α,β-unsaturated/α-hetero) is 1. The maximum atomic E-state index is 14.5. The van der Waals surface area contributed by atoms with Crippen molar-refractivity contribution < 1.29 is 102 Å². The van der Waals surface area contributed by atoms with Crippen molar-refractivity contribution in [2.45, 2.75) is 278 Å². The van der Waals surface area contributed by atoms with E-state index in [2.05, 4.69) is 19.7 Å². The van der Waals surface area contributed by atoms with Crippen LogP contribution in [0, 0.1) is 23.7 Å². The van der Waals surface area contributed by atoms with Gasteiger partial charge in [0, 0.05) is 108 Å². The Balaban J connectivity index is 1.22. The summed E-state index contributed by atoms with van der Waals surface area (Å²) in [6.45, 7) is 23.1. The summed E-state index contributed by atoms with van der Waals surface area (Å²) in [5.74, 6) is -10.7. The third kappa shape index (κ3) is 18.1. The van der Waals surface area contributed by atoms with Gasteiger partial charge in [-0.3, -0.25) is 19.2 Å². The van der Waals surface area contributed by atoms with E-state index in [9.17, 15) is 54.9 Å². The number of aliphatic hydroxyl groups excluding tert-OH is 5. The minimum absolute atomic E-state index is 0.00321. The highest BCUT2D eigenvalue weighted by Gasteiger charge is 2.58. The van der Waals surface area contributed by atoms with Gasteiger partial charge in [-0.2, -0.15) is 0 Å².